The molecule has 2 spiro atoms. The average Bonchev–Trinajstić information content (AvgIpc) is 3.47. The average molecular weight is 425 g/mol. The van der Waals surface area contributed by atoms with Gasteiger partial charge in [-0.2, -0.15) is 0 Å². The van der Waals surface area contributed by atoms with E-state index in [0.29, 0.717) is 5.92 Å². The molecule has 1 aliphatic heterocycles. The summed E-state index contributed by atoms with van der Waals surface area (Å²) in [5.74, 6) is 3.42. The highest BCUT2D eigenvalue weighted by atomic mass is 16.6. The second-order valence-electron chi connectivity index (χ2n) is 12.4. The SMILES string of the molecule is COC12CCC3(CC1C(C)(C)O)[C@H]1Cc4ccc(O)c5c4[C@@]3(CCC1CC1CC1)[C@H]2O5. The van der Waals surface area contributed by atoms with Crippen LogP contribution in [0.15, 0.2) is 12.1 Å². The Bertz CT molecular complexity index is 961. The van der Waals surface area contributed by atoms with Gasteiger partial charge in [0.15, 0.2) is 11.5 Å². The molecule has 0 saturated heterocycles. The first-order valence-corrected chi connectivity index (χ1v) is 12.6. The Morgan fingerprint density at radius 1 is 1.16 bits per heavy atom. The summed E-state index contributed by atoms with van der Waals surface area (Å²) in [4.78, 5) is 0. The zero-order valence-electron chi connectivity index (χ0n) is 19.1. The van der Waals surface area contributed by atoms with Gasteiger partial charge in [0.25, 0.3) is 0 Å². The fourth-order valence-electron chi connectivity index (χ4n) is 9.82. The zero-order valence-corrected chi connectivity index (χ0v) is 19.1. The van der Waals surface area contributed by atoms with E-state index in [9.17, 15) is 10.2 Å². The van der Waals surface area contributed by atoms with Gasteiger partial charge in [-0.1, -0.05) is 18.9 Å². The van der Waals surface area contributed by atoms with Crippen LogP contribution in [0.3, 0.4) is 0 Å². The Hall–Kier alpha value is -1.26. The molecule has 4 unspecified atom stereocenters. The third-order valence-corrected chi connectivity index (χ3v) is 11.0. The molecule has 7 aliphatic rings. The van der Waals surface area contributed by atoms with E-state index in [1.165, 1.54) is 36.8 Å². The molecule has 0 amide bonds. The van der Waals surface area contributed by atoms with E-state index in [-0.39, 0.29) is 28.6 Å². The van der Waals surface area contributed by atoms with Crippen molar-refractivity contribution >= 4 is 0 Å². The Morgan fingerprint density at radius 3 is 2.68 bits per heavy atom. The molecule has 4 heteroatoms. The number of phenols is 1. The topological polar surface area (TPSA) is 58.9 Å². The molecule has 1 aromatic carbocycles. The molecule has 5 saturated carbocycles. The van der Waals surface area contributed by atoms with E-state index < -0.39 is 11.2 Å². The monoisotopic (exact) mass is 424 g/mol. The summed E-state index contributed by atoms with van der Waals surface area (Å²) in [6.07, 6.45) is 10.7. The highest BCUT2D eigenvalue weighted by Gasteiger charge is 2.81. The van der Waals surface area contributed by atoms with Crippen molar-refractivity contribution in [1.29, 1.82) is 0 Å². The smallest absolute Gasteiger partial charge is 0.165 e. The molecule has 1 aromatic rings. The van der Waals surface area contributed by atoms with Gasteiger partial charge in [-0.3, -0.25) is 0 Å². The highest BCUT2D eigenvalue weighted by Crippen LogP contribution is 2.80. The maximum absolute atomic E-state index is 11.4. The zero-order chi connectivity index (χ0) is 21.4. The predicted octanol–water partition coefficient (Wildman–Crippen LogP) is 4.73. The van der Waals surface area contributed by atoms with Crippen molar-refractivity contribution < 1.29 is 19.7 Å². The maximum atomic E-state index is 11.4. The van der Waals surface area contributed by atoms with Gasteiger partial charge in [0, 0.05) is 24.0 Å². The lowest BCUT2D eigenvalue weighted by Gasteiger charge is -2.74. The van der Waals surface area contributed by atoms with Crippen LogP contribution < -0.4 is 4.74 Å². The van der Waals surface area contributed by atoms with Gasteiger partial charge in [-0.25, -0.2) is 0 Å². The van der Waals surface area contributed by atoms with Crippen LogP contribution in [0, 0.1) is 29.1 Å². The Kier molecular flexibility index (Phi) is 3.49. The molecule has 168 valence electrons. The summed E-state index contributed by atoms with van der Waals surface area (Å²) in [6.45, 7) is 3.93. The van der Waals surface area contributed by atoms with Crippen molar-refractivity contribution in [3.05, 3.63) is 23.3 Å². The largest absolute Gasteiger partial charge is 0.504 e. The number of ether oxygens (including phenoxy) is 2. The fourth-order valence-corrected chi connectivity index (χ4v) is 9.82. The van der Waals surface area contributed by atoms with Crippen molar-refractivity contribution in [3.8, 4) is 11.5 Å². The summed E-state index contributed by atoms with van der Waals surface area (Å²) < 4.78 is 13.2. The summed E-state index contributed by atoms with van der Waals surface area (Å²) in [5, 5.41) is 22.2. The first-order valence-electron chi connectivity index (χ1n) is 12.6. The Morgan fingerprint density at radius 2 is 1.97 bits per heavy atom. The number of hydrogen-bond acceptors (Lipinski definition) is 4. The number of fused-ring (bicyclic) bond motifs is 2. The van der Waals surface area contributed by atoms with Crippen LogP contribution >= 0.6 is 0 Å². The fraction of sp³-hybridized carbons (Fsp3) is 0.778. The standard InChI is InChI=1S/C27H36O4/c1-24(2,29)20-14-25-10-11-27(20,30-3)23-26(25)9-8-16(12-15-4-5-15)18(25)13-17-6-7-19(28)22(31-23)21(17)26/h6-7,15-16,18,20,23,28-29H,4-5,8-14H2,1-3H3/t16?,18-,20?,23+,25?,26-,27?/m0/s1. The molecular formula is C27H36O4. The maximum Gasteiger partial charge on any atom is 0.165 e. The number of phenolic OH excluding ortho intramolecular Hbond substituents is 1. The first kappa shape index (κ1) is 19.2. The number of benzene rings is 1. The van der Waals surface area contributed by atoms with E-state index in [1.54, 1.807) is 0 Å². The van der Waals surface area contributed by atoms with Crippen LogP contribution in [-0.2, 0) is 16.6 Å². The number of rotatable bonds is 4. The van der Waals surface area contributed by atoms with E-state index in [1.807, 2.05) is 27.0 Å². The molecular weight excluding hydrogens is 388 g/mol. The molecule has 0 radical (unpaired) electrons. The minimum Gasteiger partial charge on any atom is -0.504 e. The normalized spacial score (nSPS) is 46.6. The molecule has 31 heavy (non-hydrogen) atoms. The van der Waals surface area contributed by atoms with Gasteiger partial charge in [0.05, 0.1) is 5.60 Å². The van der Waals surface area contributed by atoms with Crippen molar-refractivity contribution in [2.75, 3.05) is 7.11 Å². The van der Waals surface area contributed by atoms with Crippen LogP contribution in [-0.4, -0.2) is 34.6 Å². The summed E-state index contributed by atoms with van der Waals surface area (Å²) in [6, 6.07) is 4.02. The summed E-state index contributed by atoms with van der Waals surface area (Å²) in [5.41, 5.74) is 1.46. The van der Waals surface area contributed by atoms with Crippen molar-refractivity contribution in [3.63, 3.8) is 0 Å². The highest BCUT2D eigenvalue weighted by molar-refractivity contribution is 5.62. The lowest BCUT2D eigenvalue weighted by molar-refractivity contribution is -0.302. The third-order valence-electron chi connectivity index (χ3n) is 11.0. The predicted molar refractivity (Wildman–Crippen MR) is 117 cm³/mol. The Labute approximate surface area is 185 Å². The van der Waals surface area contributed by atoms with Crippen LogP contribution in [0.1, 0.15) is 76.3 Å². The van der Waals surface area contributed by atoms with Gasteiger partial charge in [0.2, 0.25) is 0 Å². The van der Waals surface area contributed by atoms with E-state index in [0.717, 1.165) is 49.7 Å². The van der Waals surface area contributed by atoms with Crippen LogP contribution in [0.4, 0.5) is 0 Å². The van der Waals surface area contributed by atoms with Crippen LogP contribution in [0.2, 0.25) is 0 Å². The van der Waals surface area contributed by atoms with Gasteiger partial charge in [-0.15, -0.1) is 0 Å². The lowest BCUT2D eigenvalue weighted by atomic mass is 9.30. The number of aliphatic hydroxyl groups is 1. The minimum atomic E-state index is -0.828. The molecule has 7 atom stereocenters. The number of hydrogen-bond donors (Lipinski definition) is 2. The van der Waals surface area contributed by atoms with Gasteiger partial charge < -0.3 is 19.7 Å². The van der Waals surface area contributed by atoms with Crippen molar-refractivity contribution in [2.45, 2.75) is 94.4 Å². The first-order chi connectivity index (χ1) is 14.8. The van der Waals surface area contributed by atoms with E-state index >= 15 is 0 Å². The number of methoxy groups -OCH3 is 1. The molecule has 2 N–H and O–H groups in total. The van der Waals surface area contributed by atoms with Crippen LogP contribution in [0.25, 0.3) is 0 Å². The van der Waals surface area contributed by atoms with E-state index in [4.69, 9.17) is 9.47 Å². The number of aromatic hydroxyl groups is 1. The molecule has 6 aliphatic carbocycles. The van der Waals surface area contributed by atoms with Gasteiger partial charge in [0.1, 0.15) is 11.7 Å². The molecule has 5 fully saturated rings. The second kappa shape index (κ2) is 5.62. The molecule has 1 heterocycles. The molecule has 4 bridgehead atoms. The van der Waals surface area contributed by atoms with Gasteiger partial charge >= 0.3 is 0 Å². The molecule has 0 aromatic heterocycles. The third kappa shape index (κ3) is 2.02. The summed E-state index contributed by atoms with van der Waals surface area (Å²) in [7, 11) is 1.82. The van der Waals surface area contributed by atoms with Crippen LogP contribution in [0.5, 0.6) is 11.5 Å². The quantitative estimate of drug-likeness (QED) is 0.734. The minimum absolute atomic E-state index is 0.0389. The van der Waals surface area contributed by atoms with E-state index in [2.05, 4.69) is 6.07 Å². The van der Waals surface area contributed by atoms with Gasteiger partial charge in [-0.05, 0) is 93.6 Å². The second-order valence-corrected chi connectivity index (χ2v) is 12.4. The Balaban J connectivity index is 1.49. The molecule has 8 rings (SSSR count). The lowest BCUT2D eigenvalue weighted by Crippen LogP contribution is -2.79. The summed E-state index contributed by atoms with van der Waals surface area (Å²) >= 11 is 0. The van der Waals surface area contributed by atoms with Crippen molar-refractivity contribution in [2.24, 2.45) is 29.1 Å². The van der Waals surface area contributed by atoms with Crippen molar-refractivity contribution in [1.82, 2.24) is 0 Å². The molecule has 4 nitrogen and oxygen atoms in total.